The number of thiophene rings is 1. The minimum Gasteiger partial charge on any atom is -0.416 e. The number of aromatic nitrogens is 3. The molecule has 10 heteroatoms. The maximum atomic E-state index is 12.2. The first-order chi connectivity index (χ1) is 13.1. The second kappa shape index (κ2) is 7.80. The number of hydrogen-bond acceptors (Lipinski definition) is 9. The van der Waals surface area contributed by atoms with Crippen LogP contribution < -0.4 is 5.32 Å². The maximum absolute atomic E-state index is 12.2. The van der Waals surface area contributed by atoms with E-state index in [9.17, 15) is 10.1 Å². The van der Waals surface area contributed by atoms with Gasteiger partial charge in [-0.05, 0) is 31.7 Å². The van der Waals surface area contributed by atoms with Crippen molar-refractivity contribution >= 4 is 45.3 Å². The average molecular weight is 418 g/mol. The number of fused-ring (bicyclic) bond motifs is 1. The fourth-order valence-corrected chi connectivity index (χ4v) is 5.36. The summed E-state index contributed by atoms with van der Waals surface area (Å²) in [5.41, 5.74) is 2.61. The van der Waals surface area contributed by atoms with Crippen molar-refractivity contribution in [3.63, 3.8) is 0 Å². The van der Waals surface area contributed by atoms with E-state index in [1.807, 2.05) is 12.3 Å². The molecule has 0 aromatic carbocycles. The normalized spacial score (nSPS) is 12.7. The molecule has 0 aliphatic heterocycles. The van der Waals surface area contributed by atoms with Gasteiger partial charge < -0.3 is 9.73 Å². The Morgan fingerprint density at radius 3 is 3.11 bits per heavy atom. The van der Waals surface area contributed by atoms with Crippen LogP contribution in [-0.4, -0.2) is 26.8 Å². The van der Waals surface area contributed by atoms with Crippen LogP contribution in [0, 0.1) is 18.3 Å². The van der Waals surface area contributed by atoms with E-state index >= 15 is 0 Å². The highest BCUT2D eigenvalue weighted by molar-refractivity contribution is 7.99. The van der Waals surface area contributed by atoms with Crippen molar-refractivity contribution in [1.29, 1.82) is 5.26 Å². The van der Waals surface area contributed by atoms with E-state index in [0.717, 1.165) is 35.5 Å². The molecule has 0 bridgehead atoms. The maximum Gasteiger partial charge on any atom is 0.277 e. The minimum atomic E-state index is -0.189. The molecule has 0 saturated carbocycles. The molecule has 138 valence electrons. The number of aryl methyl sites for hydroxylation is 2. The Hall–Kier alpha value is -2.22. The van der Waals surface area contributed by atoms with Gasteiger partial charge in [-0.25, -0.2) is 4.98 Å². The van der Waals surface area contributed by atoms with E-state index in [0.29, 0.717) is 28.1 Å². The zero-order chi connectivity index (χ0) is 18.8. The van der Waals surface area contributed by atoms with Crippen LogP contribution in [0.1, 0.15) is 39.0 Å². The molecule has 27 heavy (non-hydrogen) atoms. The number of amides is 1. The number of thioether (sulfide) groups is 1. The average Bonchev–Trinajstić information content (AvgIpc) is 3.39. The summed E-state index contributed by atoms with van der Waals surface area (Å²) in [5, 5.41) is 24.1. The molecule has 7 nitrogen and oxygen atoms in total. The van der Waals surface area contributed by atoms with Crippen molar-refractivity contribution in [3.8, 4) is 6.07 Å². The number of nitrogens with one attached hydrogen (secondary N) is 1. The first kappa shape index (κ1) is 18.2. The second-order valence-corrected chi connectivity index (χ2v) is 9.10. The Morgan fingerprint density at radius 1 is 1.44 bits per heavy atom. The van der Waals surface area contributed by atoms with Crippen LogP contribution in [0.15, 0.2) is 15.0 Å². The molecule has 3 aromatic heterocycles. The van der Waals surface area contributed by atoms with Crippen molar-refractivity contribution < 1.29 is 9.21 Å². The molecule has 1 amide bonds. The summed E-state index contributed by atoms with van der Waals surface area (Å²) in [4.78, 5) is 17.8. The molecule has 1 aliphatic carbocycles. The van der Waals surface area contributed by atoms with Crippen LogP contribution in [0.2, 0.25) is 0 Å². The molecule has 0 saturated heterocycles. The molecule has 0 radical (unpaired) electrons. The molecule has 0 unspecified atom stereocenters. The highest BCUT2D eigenvalue weighted by Crippen LogP contribution is 2.38. The van der Waals surface area contributed by atoms with Crippen molar-refractivity contribution in [2.75, 3.05) is 11.1 Å². The lowest BCUT2D eigenvalue weighted by molar-refractivity contribution is -0.113. The standard InChI is InChI=1S/C17H15N5O2S3/c1-9-19-10(7-25-9)5-15-21-22-17(24-15)26-8-14(23)20-16-12(6-18)11-3-2-4-13(11)27-16/h7H,2-5,8H2,1H3,(H,20,23). The summed E-state index contributed by atoms with van der Waals surface area (Å²) in [7, 11) is 0. The fourth-order valence-electron chi connectivity index (χ4n) is 2.91. The minimum absolute atomic E-state index is 0.144. The molecule has 0 spiro atoms. The van der Waals surface area contributed by atoms with Gasteiger partial charge in [0.1, 0.15) is 11.1 Å². The zero-order valence-corrected chi connectivity index (χ0v) is 16.9. The Labute approximate surface area is 167 Å². The van der Waals surface area contributed by atoms with Crippen molar-refractivity contribution in [3.05, 3.63) is 38.0 Å². The third kappa shape index (κ3) is 4.05. The van der Waals surface area contributed by atoms with Crippen LogP contribution in [-0.2, 0) is 24.1 Å². The van der Waals surface area contributed by atoms with Crippen molar-refractivity contribution in [2.24, 2.45) is 0 Å². The van der Waals surface area contributed by atoms with Gasteiger partial charge in [0.2, 0.25) is 11.8 Å². The quantitative estimate of drug-likeness (QED) is 0.611. The van der Waals surface area contributed by atoms with E-state index < -0.39 is 0 Å². The first-order valence-electron chi connectivity index (χ1n) is 8.33. The van der Waals surface area contributed by atoms with Gasteiger partial charge in [0, 0.05) is 10.3 Å². The number of nitrogens with zero attached hydrogens (tertiary/aromatic N) is 4. The number of nitriles is 1. The summed E-state index contributed by atoms with van der Waals surface area (Å²) in [6, 6.07) is 2.23. The van der Waals surface area contributed by atoms with Crippen LogP contribution in [0.5, 0.6) is 0 Å². The molecular formula is C17H15N5O2S3. The molecule has 3 aromatic rings. The lowest BCUT2D eigenvalue weighted by Crippen LogP contribution is -2.14. The van der Waals surface area contributed by atoms with Gasteiger partial charge in [0.15, 0.2) is 0 Å². The summed E-state index contributed by atoms with van der Waals surface area (Å²) in [6.45, 7) is 1.95. The third-order valence-corrected chi connectivity index (χ3v) is 6.91. The molecule has 1 aliphatic rings. The van der Waals surface area contributed by atoms with Crippen LogP contribution in [0.4, 0.5) is 5.00 Å². The Balaban J connectivity index is 1.33. The van der Waals surface area contributed by atoms with E-state index in [1.165, 1.54) is 28.0 Å². The number of anilines is 1. The first-order valence-corrected chi connectivity index (χ1v) is 11.0. The van der Waals surface area contributed by atoms with Crippen LogP contribution >= 0.6 is 34.4 Å². The number of carbonyl (C=O) groups is 1. The summed E-state index contributed by atoms with van der Waals surface area (Å²) >= 11 is 4.27. The molecule has 3 heterocycles. The summed E-state index contributed by atoms with van der Waals surface area (Å²) in [6.07, 6.45) is 3.47. The van der Waals surface area contributed by atoms with Crippen LogP contribution in [0.25, 0.3) is 0 Å². The zero-order valence-electron chi connectivity index (χ0n) is 14.4. The lowest BCUT2D eigenvalue weighted by atomic mass is 10.1. The molecule has 4 rings (SSSR count). The molecular weight excluding hydrogens is 402 g/mol. The number of hydrogen-bond donors (Lipinski definition) is 1. The Kier molecular flexibility index (Phi) is 5.24. The lowest BCUT2D eigenvalue weighted by Gasteiger charge is -2.02. The van der Waals surface area contributed by atoms with E-state index in [4.69, 9.17) is 4.42 Å². The van der Waals surface area contributed by atoms with Crippen molar-refractivity contribution in [1.82, 2.24) is 15.2 Å². The highest BCUT2D eigenvalue weighted by atomic mass is 32.2. The van der Waals surface area contributed by atoms with E-state index in [2.05, 4.69) is 26.6 Å². The van der Waals surface area contributed by atoms with Gasteiger partial charge in [-0.2, -0.15) is 5.26 Å². The Morgan fingerprint density at radius 2 is 2.33 bits per heavy atom. The molecule has 0 atom stereocenters. The second-order valence-electron chi connectivity index (χ2n) is 6.01. The largest absolute Gasteiger partial charge is 0.416 e. The van der Waals surface area contributed by atoms with Gasteiger partial charge in [0.25, 0.3) is 5.22 Å². The molecule has 1 N–H and O–H groups in total. The fraction of sp³-hybridized carbons (Fsp3) is 0.353. The summed E-state index contributed by atoms with van der Waals surface area (Å²) in [5.74, 6) is 0.432. The van der Waals surface area contributed by atoms with Gasteiger partial charge >= 0.3 is 0 Å². The number of rotatable bonds is 6. The highest BCUT2D eigenvalue weighted by Gasteiger charge is 2.23. The topological polar surface area (TPSA) is 105 Å². The van der Waals surface area contributed by atoms with Gasteiger partial charge in [0.05, 0.1) is 28.4 Å². The Bertz CT molecular complexity index is 1030. The monoisotopic (exact) mass is 417 g/mol. The van der Waals surface area contributed by atoms with Crippen molar-refractivity contribution in [2.45, 2.75) is 37.8 Å². The predicted molar refractivity (Wildman–Crippen MR) is 104 cm³/mol. The smallest absolute Gasteiger partial charge is 0.277 e. The molecule has 0 fully saturated rings. The summed E-state index contributed by atoms with van der Waals surface area (Å²) < 4.78 is 5.57. The van der Waals surface area contributed by atoms with Crippen LogP contribution in [0.3, 0.4) is 0 Å². The van der Waals surface area contributed by atoms with Gasteiger partial charge in [-0.15, -0.1) is 32.9 Å². The number of carbonyl (C=O) groups excluding carboxylic acids is 1. The van der Waals surface area contributed by atoms with E-state index in [-0.39, 0.29) is 11.7 Å². The number of thiazole rings is 1. The SMILES string of the molecule is Cc1nc(Cc2nnc(SCC(=O)Nc3sc4c(c3C#N)CCC4)o2)cs1. The third-order valence-electron chi connectivity index (χ3n) is 4.06. The van der Waals surface area contributed by atoms with Gasteiger partial charge in [-0.1, -0.05) is 11.8 Å². The van der Waals surface area contributed by atoms with Gasteiger partial charge in [-0.3, -0.25) is 4.79 Å². The predicted octanol–water partition coefficient (Wildman–Crippen LogP) is 3.58. The van der Waals surface area contributed by atoms with E-state index in [1.54, 1.807) is 11.3 Å².